The van der Waals surface area contributed by atoms with Crippen molar-refractivity contribution in [3.8, 4) is 0 Å². The lowest BCUT2D eigenvalue weighted by molar-refractivity contribution is -0.385. The highest BCUT2D eigenvalue weighted by molar-refractivity contribution is 14.1. The topological polar surface area (TPSA) is 60.2 Å². The molecule has 0 amide bonds. The molecule has 0 heterocycles. The van der Waals surface area contributed by atoms with Crippen LogP contribution in [0.15, 0.2) is 12.1 Å². The largest absolute Gasteiger partial charge is 0.295 e. The Kier molecular flexibility index (Phi) is 3.20. The van der Waals surface area contributed by atoms with Crippen molar-refractivity contribution in [3.05, 3.63) is 36.9 Å². The predicted molar refractivity (Wildman–Crippen MR) is 60.6 cm³/mol. The number of carbonyl (C=O) groups excluding carboxylic acids is 1. The summed E-state index contributed by atoms with van der Waals surface area (Å²) >= 11 is 1.89. The Bertz CT molecular complexity index is 376. The number of ketones is 1. The molecule has 0 N–H and O–H groups in total. The summed E-state index contributed by atoms with van der Waals surface area (Å²) in [6, 6.07) is 2.86. The second-order valence-electron chi connectivity index (χ2n) is 2.88. The SMILES string of the molecule is CC(=O)c1ccc([N+](=O)[O-])c(I)c1C. The van der Waals surface area contributed by atoms with Gasteiger partial charge >= 0.3 is 0 Å². The smallest absolute Gasteiger partial charge is 0.282 e. The molecular formula is C9H8INO3. The number of halogens is 1. The van der Waals surface area contributed by atoms with Gasteiger partial charge in [0.05, 0.1) is 8.49 Å². The first-order valence-corrected chi connectivity index (χ1v) is 4.97. The van der Waals surface area contributed by atoms with Crippen molar-refractivity contribution in [2.75, 3.05) is 0 Å². The molecular weight excluding hydrogens is 297 g/mol. The first-order chi connectivity index (χ1) is 6.45. The van der Waals surface area contributed by atoms with E-state index in [4.69, 9.17) is 0 Å². The summed E-state index contributed by atoms with van der Waals surface area (Å²) in [5.41, 5.74) is 1.26. The lowest BCUT2D eigenvalue weighted by Crippen LogP contribution is -2.01. The van der Waals surface area contributed by atoms with Crippen LogP contribution in [0.2, 0.25) is 0 Å². The fourth-order valence-electron chi connectivity index (χ4n) is 1.19. The molecule has 5 heteroatoms. The number of carbonyl (C=O) groups is 1. The van der Waals surface area contributed by atoms with Gasteiger partial charge in [-0.1, -0.05) is 0 Å². The summed E-state index contributed by atoms with van der Waals surface area (Å²) < 4.78 is 0.528. The summed E-state index contributed by atoms with van der Waals surface area (Å²) in [4.78, 5) is 21.3. The van der Waals surface area contributed by atoms with Crippen molar-refractivity contribution >= 4 is 34.1 Å². The molecule has 0 radical (unpaired) electrons. The van der Waals surface area contributed by atoms with Crippen LogP contribution in [-0.4, -0.2) is 10.7 Å². The van der Waals surface area contributed by atoms with E-state index in [-0.39, 0.29) is 11.5 Å². The maximum atomic E-state index is 11.1. The average Bonchev–Trinajstić information content (AvgIpc) is 2.08. The molecule has 0 atom stereocenters. The number of rotatable bonds is 2. The molecule has 1 aromatic rings. The third kappa shape index (κ3) is 1.92. The Labute approximate surface area is 94.6 Å². The number of nitro benzene ring substituents is 1. The fourth-order valence-corrected chi connectivity index (χ4v) is 1.86. The van der Waals surface area contributed by atoms with Crippen LogP contribution in [0.1, 0.15) is 22.8 Å². The molecule has 0 saturated heterocycles. The van der Waals surface area contributed by atoms with Gasteiger partial charge in [-0.15, -0.1) is 0 Å². The standard InChI is InChI=1S/C9H8INO3/c1-5-7(6(2)12)3-4-8(9(5)10)11(13)14/h3-4H,1-2H3. The van der Waals surface area contributed by atoms with Gasteiger partial charge in [0, 0.05) is 11.6 Å². The zero-order chi connectivity index (χ0) is 10.9. The normalized spacial score (nSPS) is 9.93. The number of hydrogen-bond donors (Lipinski definition) is 0. The fraction of sp³-hybridized carbons (Fsp3) is 0.222. The van der Waals surface area contributed by atoms with Gasteiger partial charge in [0.2, 0.25) is 0 Å². The van der Waals surface area contributed by atoms with E-state index in [0.29, 0.717) is 14.7 Å². The number of nitro groups is 1. The lowest BCUT2D eigenvalue weighted by atomic mass is 10.1. The molecule has 0 saturated carbocycles. The molecule has 1 rings (SSSR count). The molecule has 0 bridgehead atoms. The van der Waals surface area contributed by atoms with Crippen molar-refractivity contribution in [1.29, 1.82) is 0 Å². The highest BCUT2D eigenvalue weighted by Gasteiger charge is 2.17. The van der Waals surface area contributed by atoms with Gasteiger partial charge in [-0.3, -0.25) is 14.9 Å². The minimum Gasteiger partial charge on any atom is -0.295 e. The number of hydrogen-bond acceptors (Lipinski definition) is 3. The van der Waals surface area contributed by atoms with Crippen molar-refractivity contribution in [2.24, 2.45) is 0 Å². The Morgan fingerprint density at radius 2 is 2.07 bits per heavy atom. The van der Waals surface area contributed by atoms with Crippen LogP contribution in [0.5, 0.6) is 0 Å². The molecule has 0 aromatic heterocycles. The maximum Gasteiger partial charge on any atom is 0.282 e. The Morgan fingerprint density at radius 3 is 2.50 bits per heavy atom. The predicted octanol–water partition coefficient (Wildman–Crippen LogP) is 2.71. The molecule has 0 unspecified atom stereocenters. The minimum atomic E-state index is -0.446. The van der Waals surface area contributed by atoms with Crippen molar-refractivity contribution in [1.82, 2.24) is 0 Å². The molecule has 0 aliphatic rings. The molecule has 0 aliphatic heterocycles. The third-order valence-corrected chi connectivity index (χ3v) is 3.30. The highest BCUT2D eigenvalue weighted by atomic mass is 127. The van der Waals surface area contributed by atoms with Crippen molar-refractivity contribution < 1.29 is 9.72 Å². The maximum absolute atomic E-state index is 11.1. The summed E-state index contributed by atoms with van der Waals surface area (Å²) in [6.45, 7) is 3.16. The Hall–Kier alpha value is -0.980. The Balaban J connectivity index is 3.41. The van der Waals surface area contributed by atoms with Gasteiger partial charge in [0.15, 0.2) is 5.78 Å². The number of Topliss-reactive ketones (excluding diaryl/α,β-unsaturated/α-hetero) is 1. The minimum absolute atomic E-state index is 0.0492. The zero-order valence-electron chi connectivity index (χ0n) is 7.70. The monoisotopic (exact) mass is 305 g/mol. The Morgan fingerprint density at radius 1 is 1.50 bits per heavy atom. The molecule has 0 fully saturated rings. The van der Waals surface area contributed by atoms with Crippen LogP contribution in [0.3, 0.4) is 0 Å². The van der Waals surface area contributed by atoms with E-state index in [1.54, 1.807) is 6.92 Å². The molecule has 1 aromatic carbocycles. The van der Waals surface area contributed by atoms with Crippen LogP contribution in [-0.2, 0) is 0 Å². The van der Waals surface area contributed by atoms with E-state index >= 15 is 0 Å². The quantitative estimate of drug-likeness (QED) is 0.365. The van der Waals surface area contributed by atoms with Crippen molar-refractivity contribution in [2.45, 2.75) is 13.8 Å². The van der Waals surface area contributed by atoms with E-state index in [2.05, 4.69) is 0 Å². The second-order valence-corrected chi connectivity index (χ2v) is 3.96. The van der Waals surface area contributed by atoms with E-state index in [9.17, 15) is 14.9 Å². The third-order valence-electron chi connectivity index (χ3n) is 1.94. The van der Waals surface area contributed by atoms with Crippen LogP contribution in [0, 0.1) is 20.6 Å². The van der Waals surface area contributed by atoms with Gasteiger partial charge in [-0.05, 0) is 48.1 Å². The van der Waals surface area contributed by atoms with Gasteiger partial charge in [0.25, 0.3) is 5.69 Å². The second kappa shape index (κ2) is 4.04. The lowest BCUT2D eigenvalue weighted by Gasteiger charge is -2.04. The zero-order valence-corrected chi connectivity index (χ0v) is 9.86. The van der Waals surface area contributed by atoms with Crippen LogP contribution in [0.25, 0.3) is 0 Å². The first kappa shape index (κ1) is 11.1. The number of benzene rings is 1. The molecule has 0 spiro atoms. The molecule has 14 heavy (non-hydrogen) atoms. The average molecular weight is 305 g/mol. The molecule has 4 nitrogen and oxygen atoms in total. The van der Waals surface area contributed by atoms with Gasteiger partial charge < -0.3 is 0 Å². The van der Waals surface area contributed by atoms with E-state index in [1.807, 2.05) is 22.6 Å². The first-order valence-electron chi connectivity index (χ1n) is 3.89. The summed E-state index contributed by atoms with van der Waals surface area (Å²) in [7, 11) is 0. The van der Waals surface area contributed by atoms with E-state index in [0.717, 1.165) is 0 Å². The van der Waals surface area contributed by atoms with Crippen molar-refractivity contribution in [3.63, 3.8) is 0 Å². The van der Waals surface area contributed by atoms with Crippen LogP contribution in [0.4, 0.5) is 5.69 Å². The van der Waals surface area contributed by atoms with E-state index < -0.39 is 4.92 Å². The van der Waals surface area contributed by atoms with Crippen LogP contribution < -0.4 is 0 Å². The summed E-state index contributed by atoms with van der Waals surface area (Å²) in [6.07, 6.45) is 0. The highest BCUT2D eigenvalue weighted by Crippen LogP contribution is 2.26. The summed E-state index contributed by atoms with van der Waals surface area (Å²) in [5, 5.41) is 10.6. The van der Waals surface area contributed by atoms with Gasteiger partial charge in [-0.25, -0.2) is 0 Å². The van der Waals surface area contributed by atoms with E-state index in [1.165, 1.54) is 19.1 Å². The number of nitrogens with zero attached hydrogens (tertiary/aromatic N) is 1. The molecule has 74 valence electrons. The van der Waals surface area contributed by atoms with Gasteiger partial charge in [0.1, 0.15) is 0 Å². The summed E-state index contributed by atoms with van der Waals surface area (Å²) in [5.74, 6) is -0.0738. The molecule has 0 aliphatic carbocycles. The van der Waals surface area contributed by atoms with Gasteiger partial charge in [-0.2, -0.15) is 0 Å². The van der Waals surface area contributed by atoms with Crippen LogP contribution >= 0.6 is 22.6 Å².